The predicted octanol–water partition coefficient (Wildman–Crippen LogP) is 3.95. The van der Waals surface area contributed by atoms with Crippen molar-refractivity contribution in [2.75, 3.05) is 19.6 Å². The number of hydrogen-bond acceptors (Lipinski definition) is 2. The van der Waals surface area contributed by atoms with Gasteiger partial charge in [-0.15, -0.1) is 0 Å². The molecular weight excluding hydrogens is 294 g/mol. The van der Waals surface area contributed by atoms with Gasteiger partial charge in [-0.2, -0.15) is 0 Å². The Morgan fingerprint density at radius 1 is 0.833 bits per heavy atom. The summed E-state index contributed by atoms with van der Waals surface area (Å²) in [5.41, 5.74) is 1.72. The summed E-state index contributed by atoms with van der Waals surface area (Å²) in [4.78, 5) is 16.4. The SMILES string of the molecule is CCN1CC2(c3ccccc3)CCCC(c3ccccc3)(C1)C2=O. The van der Waals surface area contributed by atoms with Gasteiger partial charge in [0.05, 0.1) is 10.8 Å². The number of likely N-dealkylation sites (N-methyl/N-ethyl adjacent to an activating group) is 1. The molecular formula is C22H25NO. The van der Waals surface area contributed by atoms with E-state index in [-0.39, 0.29) is 10.8 Å². The highest BCUT2D eigenvalue weighted by Gasteiger charge is 2.58. The Morgan fingerprint density at radius 2 is 1.29 bits per heavy atom. The van der Waals surface area contributed by atoms with Gasteiger partial charge in [-0.1, -0.05) is 74.0 Å². The molecule has 0 amide bonds. The van der Waals surface area contributed by atoms with E-state index in [1.807, 2.05) is 12.1 Å². The largest absolute Gasteiger partial charge is 0.301 e. The van der Waals surface area contributed by atoms with E-state index in [1.54, 1.807) is 0 Å². The Kier molecular flexibility index (Phi) is 3.80. The maximum Gasteiger partial charge on any atom is 0.156 e. The number of nitrogens with zero attached hydrogens (tertiary/aromatic N) is 1. The summed E-state index contributed by atoms with van der Waals surface area (Å²) in [6.07, 6.45) is 3.06. The summed E-state index contributed by atoms with van der Waals surface area (Å²) in [5, 5.41) is 0. The van der Waals surface area contributed by atoms with Crippen LogP contribution in [-0.2, 0) is 15.6 Å². The lowest BCUT2D eigenvalue weighted by Gasteiger charge is -2.55. The normalized spacial score (nSPS) is 30.3. The lowest BCUT2D eigenvalue weighted by Crippen LogP contribution is -2.66. The van der Waals surface area contributed by atoms with Crippen LogP contribution in [0.2, 0.25) is 0 Å². The Labute approximate surface area is 144 Å². The number of likely N-dealkylation sites (tertiary alicyclic amines) is 1. The van der Waals surface area contributed by atoms with Crippen molar-refractivity contribution in [2.24, 2.45) is 0 Å². The number of fused-ring (bicyclic) bond motifs is 2. The smallest absolute Gasteiger partial charge is 0.156 e. The second-order valence-electron chi connectivity index (χ2n) is 7.38. The molecule has 2 nitrogen and oxygen atoms in total. The number of Topliss-reactive ketones (excluding diaryl/α,β-unsaturated/α-hetero) is 1. The zero-order valence-corrected chi connectivity index (χ0v) is 14.4. The second-order valence-corrected chi connectivity index (χ2v) is 7.38. The predicted molar refractivity (Wildman–Crippen MR) is 97.2 cm³/mol. The Balaban J connectivity index is 1.88. The maximum atomic E-state index is 13.9. The quantitative estimate of drug-likeness (QED) is 0.854. The summed E-state index contributed by atoms with van der Waals surface area (Å²) in [6.45, 7) is 4.93. The van der Waals surface area contributed by atoms with Crippen molar-refractivity contribution < 1.29 is 4.79 Å². The average Bonchev–Trinajstić information content (AvgIpc) is 2.64. The summed E-state index contributed by atoms with van der Waals surface area (Å²) in [5.74, 6) is 0.448. The van der Waals surface area contributed by atoms with Crippen LogP contribution in [0.15, 0.2) is 60.7 Å². The highest BCUT2D eigenvalue weighted by molar-refractivity contribution is 6.01. The van der Waals surface area contributed by atoms with E-state index >= 15 is 0 Å². The molecule has 1 saturated heterocycles. The minimum absolute atomic E-state index is 0.344. The molecule has 2 aliphatic rings. The standard InChI is InChI=1S/C22H25NO/c1-2-23-16-21(18-10-5-3-6-11-18)14-9-15-22(17-23,20(21)24)19-12-7-4-8-13-19/h3-8,10-13H,2,9,14-17H2,1H3. The number of rotatable bonds is 3. The molecule has 0 radical (unpaired) electrons. The zero-order valence-electron chi connectivity index (χ0n) is 14.4. The zero-order chi connectivity index (χ0) is 16.6. The van der Waals surface area contributed by atoms with Gasteiger partial charge in [-0.05, 0) is 30.5 Å². The molecule has 24 heavy (non-hydrogen) atoms. The topological polar surface area (TPSA) is 20.3 Å². The number of hydrogen-bond donors (Lipinski definition) is 0. The minimum Gasteiger partial charge on any atom is -0.301 e. The molecule has 0 N–H and O–H groups in total. The van der Waals surface area contributed by atoms with E-state index in [0.717, 1.165) is 38.9 Å². The first-order valence-electron chi connectivity index (χ1n) is 9.10. The van der Waals surface area contributed by atoms with Crippen molar-refractivity contribution in [3.05, 3.63) is 71.8 Å². The minimum atomic E-state index is -0.344. The van der Waals surface area contributed by atoms with Gasteiger partial charge < -0.3 is 4.90 Å². The third kappa shape index (κ3) is 2.16. The molecule has 2 aromatic carbocycles. The molecule has 1 aliphatic heterocycles. The number of benzene rings is 2. The van der Waals surface area contributed by atoms with Gasteiger partial charge >= 0.3 is 0 Å². The molecule has 1 heterocycles. The molecule has 2 heteroatoms. The third-order valence-corrected chi connectivity index (χ3v) is 6.16. The van der Waals surface area contributed by atoms with Crippen molar-refractivity contribution in [3.63, 3.8) is 0 Å². The van der Waals surface area contributed by atoms with Gasteiger partial charge in [0.15, 0.2) is 5.78 Å². The number of piperidine rings is 1. The van der Waals surface area contributed by atoms with E-state index < -0.39 is 0 Å². The van der Waals surface area contributed by atoms with Crippen LogP contribution < -0.4 is 0 Å². The summed E-state index contributed by atoms with van der Waals surface area (Å²) in [7, 11) is 0. The Morgan fingerprint density at radius 3 is 1.71 bits per heavy atom. The van der Waals surface area contributed by atoms with Crippen LogP contribution in [-0.4, -0.2) is 30.3 Å². The van der Waals surface area contributed by atoms with E-state index in [4.69, 9.17) is 0 Å². The van der Waals surface area contributed by atoms with Crippen LogP contribution in [0.1, 0.15) is 37.3 Å². The van der Waals surface area contributed by atoms with E-state index in [2.05, 4.69) is 60.4 Å². The first-order valence-corrected chi connectivity index (χ1v) is 9.10. The molecule has 2 fully saturated rings. The fraction of sp³-hybridized carbons (Fsp3) is 0.409. The fourth-order valence-electron chi connectivity index (χ4n) is 4.97. The van der Waals surface area contributed by atoms with E-state index in [0.29, 0.717) is 5.78 Å². The van der Waals surface area contributed by atoms with Gasteiger partial charge in [-0.25, -0.2) is 0 Å². The van der Waals surface area contributed by atoms with Gasteiger partial charge in [0.1, 0.15) is 0 Å². The number of ketones is 1. The fourth-order valence-corrected chi connectivity index (χ4v) is 4.97. The van der Waals surface area contributed by atoms with Crippen LogP contribution in [0.5, 0.6) is 0 Å². The first-order chi connectivity index (χ1) is 11.7. The average molecular weight is 319 g/mol. The molecule has 2 aromatic rings. The maximum absolute atomic E-state index is 13.9. The molecule has 1 aliphatic carbocycles. The summed E-state index contributed by atoms with van der Waals surface area (Å²) >= 11 is 0. The molecule has 2 bridgehead atoms. The van der Waals surface area contributed by atoms with Crippen LogP contribution in [0.25, 0.3) is 0 Å². The molecule has 2 unspecified atom stereocenters. The van der Waals surface area contributed by atoms with Crippen molar-refractivity contribution in [3.8, 4) is 0 Å². The van der Waals surface area contributed by atoms with E-state index in [1.165, 1.54) is 11.1 Å². The van der Waals surface area contributed by atoms with Gasteiger partial charge in [0.25, 0.3) is 0 Å². The molecule has 124 valence electrons. The van der Waals surface area contributed by atoms with Gasteiger partial charge in [0, 0.05) is 13.1 Å². The lowest BCUT2D eigenvalue weighted by atomic mass is 9.54. The van der Waals surface area contributed by atoms with Crippen molar-refractivity contribution >= 4 is 5.78 Å². The monoisotopic (exact) mass is 319 g/mol. The summed E-state index contributed by atoms with van der Waals surface area (Å²) in [6, 6.07) is 21.0. The van der Waals surface area contributed by atoms with Crippen LogP contribution >= 0.6 is 0 Å². The van der Waals surface area contributed by atoms with E-state index in [9.17, 15) is 4.79 Å². The van der Waals surface area contributed by atoms with Crippen LogP contribution in [0, 0.1) is 0 Å². The summed E-state index contributed by atoms with van der Waals surface area (Å²) < 4.78 is 0. The second kappa shape index (κ2) is 5.86. The lowest BCUT2D eigenvalue weighted by molar-refractivity contribution is -0.140. The molecule has 4 rings (SSSR count). The van der Waals surface area contributed by atoms with Gasteiger partial charge in [-0.3, -0.25) is 4.79 Å². The highest BCUT2D eigenvalue weighted by Crippen LogP contribution is 2.50. The Hall–Kier alpha value is -1.93. The van der Waals surface area contributed by atoms with Crippen LogP contribution in [0.4, 0.5) is 0 Å². The van der Waals surface area contributed by atoms with Crippen molar-refractivity contribution in [1.29, 1.82) is 0 Å². The third-order valence-electron chi connectivity index (χ3n) is 6.16. The van der Waals surface area contributed by atoms with Crippen LogP contribution in [0.3, 0.4) is 0 Å². The van der Waals surface area contributed by atoms with Gasteiger partial charge in [0.2, 0.25) is 0 Å². The highest BCUT2D eigenvalue weighted by atomic mass is 16.1. The molecule has 2 atom stereocenters. The number of carbonyl (C=O) groups excluding carboxylic acids is 1. The van der Waals surface area contributed by atoms with Crippen molar-refractivity contribution in [1.82, 2.24) is 4.90 Å². The van der Waals surface area contributed by atoms with Crippen molar-refractivity contribution in [2.45, 2.75) is 37.0 Å². The molecule has 0 aromatic heterocycles. The Bertz CT molecular complexity index is 667. The first kappa shape index (κ1) is 15.6. The number of carbonyl (C=O) groups is 1. The molecule has 0 spiro atoms. The molecule has 1 saturated carbocycles.